The molecule has 31 heavy (non-hydrogen) atoms. The van der Waals surface area contributed by atoms with E-state index >= 15 is 0 Å². The average molecular weight is 475 g/mol. The summed E-state index contributed by atoms with van der Waals surface area (Å²) in [5, 5.41) is 0.866. The van der Waals surface area contributed by atoms with Crippen LogP contribution in [-0.2, 0) is 27.6 Å². The van der Waals surface area contributed by atoms with Crippen molar-refractivity contribution in [3.63, 3.8) is 0 Å². The Morgan fingerprint density at radius 1 is 1.42 bits per heavy atom. The third-order valence-electron chi connectivity index (χ3n) is 5.63. The number of fused-ring (bicyclic) bond motifs is 3. The summed E-state index contributed by atoms with van der Waals surface area (Å²) in [5.74, 6) is 0.645. The highest BCUT2D eigenvalue weighted by Crippen LogP contribution is 2.38. The van der Waals surface area contributed by atoms with Gasteiger partial charge in [-0.05, 0) is 25.3 Å². The summed E-state index contributed by atoms with van der Waals surface area (Å²) in [6.07, 6.45) is 4.66. The number of pyridine rings is 1. The molecular formula is C18H24F2N6O3S2. The van der Waals surface area contributed by atoms with Crippen LogP contribution < -0.4 is 4.72 Å². The molecule has 1 aliphatic rings. The van der Waals surface area contributed by atoms with Crippen LogP contribution in [0.5, 0.6) is 0 Å². The van der Waals surface area contributed by atoms with E-state index in [9.17, 15) is 21.4 Å². The molecule has 0 spiro atoms. The van der Waals surface area contributed by atoms with Gasteiger partial charge >= 0.3 is 0 Å². The van der Waals surface area contributed by atoms with Crippen molar-refractivity contribution in [2.75, 3.05) is 19.1 Å². The van der Waals surface area contributed by atoms with Crippen molar-refractivity contribution in [1.29, 1.82) is 0 Å². The number of rotatable bonds is 8. The van der Waals surface area contributed by atoms with Crippen LogP contribution >= 0.6 is 0 Å². The molecule has 0 saturated heterocycles. The molecule has 1 saturated carbocycles. The lowest BCUT2D eigenvalue weighted by Gasteiger charge is -2.26. The molecule has 0 bridgehead atoms. The monoisotopic (exact) mass is 474 g/mol. The lowest BCUT2D eigenvalue weighted by molar-refractivity contribution is 0.107. The molecule has 1 aliphatic carbocycles. The molecule has 0 radical (unpaired) electrons. The Morgan fingerprint density at radius 2 is 2.19 bits per heavy atom. The summed E-state index contributed by atoms with van der Waals surface area (Å²) >= 11 is 0. The Kier molecular flexibility index (Phi) is 6.12. The summed E-state index contributed by atoms with van der Waals surface area (Å²) in [4.78, 5) is 12.1. The molecule has 2 N–H and O–H groups in total. The molecule has 1 unspecified atom stereocenters. The van der Waals surface area contributed by atoms with Crippen LogP contribution in [0.15, 0.2) is 18.5 Å². The lowest BCUT2D eigenvalue weighted by atomic mass is 10.2. The molecule has 3 aromatic heterocycles. The van der Waals surface area contributed by atoms with Gasteiger partial charge in [0.2, 0.25) is 10.0 Å². The Morgan fingerprint density at radius 3 is 2.87 bits per heavy atom. The Labute approximate surface area is 180 Å². The third-order valence-corrected chi connectivity index (χ3v) is 7.48. The predicted molar refractivity (Wildman–Crippen MR) is 115 cm³/mol. The molecule has 3 atom stereocenters. The Bertz CT molecular complexity index is 1230. The van der Waals surface area contributed by atoms with E-state index in [1.165, 1.54) is 6.26 Å². The summed E-state index contributed by atoms with van der Waals surface area (Å²) in [7, 11) is -5.02. The van der Waals surface area contributed by atoms with Crippen molar-refractivity contribution in [2.45, 2.75) is 44.3 Å². The zero-order chi connectivity index (χ0) is 22.3. The quantitative estimate of drug-likeness (QED) is 0.518. The lowest BCUT2D eigenvalue weighted by Crippen LogP contribution is -2.41. The number of hydrogen-bond acceptors (Lipinski definition) is 5. The summed E-state index contributed by atoms with van der Waals surface area (Å²) in [5.41, 5.74) is 2.20. The van der Waals surface area contributed by atoms with Crippen molar-refractivity contribution >= 4 is 43.1 Å². The summed E-state index contributed by atoms with van der Waals surface area (Å²) in [6, 6.07) is 1.24. The van der Waals surface area contributed by atoms with E-state index in [-0.39, 0.29) is 12.6 Å². The zero-order valence-corrected chi connectivity index (χ0v) is 18.7. The van der Waals surface area contributed by atoms with Gasteiger partial charge < -0.3 is 9.55 Å². The van der Waals surface area contributed by atoms with Crippen molar-refractivity contribution in [2.24, 2.45) is 0 Å². The molecule has 4 rings (SSSR count). The van der Waals surface area contributed by atoms with Gasteiger partial charge in [0.05, 0.1) is 42.0 Å². The number of nitrogens with one attached hydrogen (secondary N) is 2. The molecule has 0 aromatic carbocycles. The standard InChI is InChI=1S/C18H24F2N6O3S2/c1-30(27)23-9-16-24-14-8-22-18-13(5-6-21-18)17(14)26(16)12-4-3-11(7-12)25(10-15(19)20)31(2,28)29/h5-6,8,11-12,15,23H,3-4,7,9-10H2,1-2H3,(H,21,22)/t11-,12+,30?/m1/s1. The number of imidazole rings is 1. The van der Waals surface area contributed by atoms with Crippen molar-refractivity contribution in [3.05, 3.63) is 24.3 Å². The van der Waals surface area contributed by atoms with Crippen LogP contribution in [0, 0.1) is 0 Å². The Hall–Kier alpha value is -1.96. The maximum Gasteiger partial charge on any atom is 0.252 e. The number of H-pyrrole nitrogens is 1. The highest BCUT2D eigenvalue weighted by atomic mass is 32.2. The molecule has 1 fully saturated rings. The first-order valence-electron chi connectivity index (χ1n) is 9.80. The minimum Gasteiger partial charge on any atom is -0.346 e. The first kappa shape index (κ1) is 22.2. The minimum absolute atomic E-state index is 0.139. The van der Waals surface area contributed by atoms with Crippen LogP contribution in [0.4, 0.5) is 8.78 Å². The Balaban J connectivity index is 1.75. The molecule has 170 valence electrons. The zero-order valence-electron chi connectivity index (χ0n) is 17.1. The minimum atomic E-state index is -3.77. The number of aromatic amines is 1. The van der Waals surface area contributed by atoms with Crippen LogP contribution in [0.2, 0.25) is 0 Å². The predicted octanol–water partition coefficient (Wildman–Crippen LogP) is 1.92. The molecular weight excluding hydrogens is 450 g/mol. The van der Waals surface area contributed by atoms with Gasteiger partial charge in [0.25, 0.3) is 6.43 Å². The number of hydrogen-bond donors (Lipinski definition) is 2. The SMILES string of the molecule is CS(=O)NCc1nc2cnc3[nH]ccc3c2n1[C@H]1CC[C@@H](N(CC(F)F)S(C)(=O)=O)C1. The van der Waals surface area contributed by atoms with Gasteiger partial charge in [0.15, 0.2) is 0 Å². The van der Waals surface area contributed by atoms with E-state index in [0.29, 0.717) is 36.3 Å². The van der Waals surface area contributed by atoms with E-state index in [1.807, 2.05) is 10.6 Å². The highest BCUT2D eigenvalue weighted by molar-refractivity contribution is 7.88. The molecule has 13 heteroatoms. The van der Waals surface area contributed by atoms with Gasteiger partial charge in [-0.2, -0.15) is 4.31 Å². The van der Waals surface area contributed by atoms with E-state index in [1.54, 1.807) is 12.4 Å². The second-order valence-corrected chi connectivity index (χ2v) is 10.9. The van der Waals surface area contributed by atoms with Gasteiger partial charge in [-0.15, -0.1) is 0 Å². The normalized spacial score (nSPS) is 21.1. The van der Waals surface area contributed by atoms with Gasteiger partial charge in [0, 0.05) is 29.9 Å². The van der Waals surface area contributed by atoms with Gasteiger partial charge in [-0.1, -0.05) is 0 Å². The highest BCUT2D eigenvalue weighted by Gasteiger charge is 2.37. The van der Waals surface area contributed by atoms with Crippen LogP contribution in [0.25, 0.3) is 22.1 Å². The maximum atomic E-state index is 13.1. The first-order chi connectivity index (χ1) is 14.6. The van der Waals surface area contributed by atoms with E-state index in [2.05, 4.69) is 19.7 Å². The number of nitrogens with zero attached hydrogens (tertiary/aromatic N) is 4. The first-order valence-corrected chi connectivity index (χ1v) is 13.2. The van der Waals surface area contributed by atoms with Gasteiger partial charge in [-0.25, -0.2) is 36.1 Å². The van der Waals surface area contributed by atoms with Crippen LogP contribution in [0.3, 0.4) is 0 Å². The average Bonchev–Trinajstić information content (AvgIpc) is 3.39. The molecule has 3 aromatic rings. The largest absolute Gasteiger partial charge is 0.346 e. The molecule has 9 nitrogen and oxygen atoms in total. The molecule has 3 heterocycles. The van der Waals surface area contributed by atoms with Crippen molar-refractivity contribution in [1.82, 2.24) is 28.5 Å². The fraction of sp³-hybridized carbons (Fsp3) is 0.556. The van der Waals surface area contributed by atoms with E-state index in [4.69, 9.17) is 0 Å². The second kappa shape index (κ2) is 8.52. The van der Waals surface area contributed by atoms with E-state index < -0.39 is 40.0 Å². The number of alkyl halides is 2. The number of halogens is 2. The molecule has 0 aliphatic heterocycles. The topological polar surface area (TPSA) is 113 Å². The summed E-state index contributed by atoms with van der Waals surface area (Å²) in [6.45, 7) is -0.562. The maximum absolute atomic E-state index is 13.1. The smallest absolute Gasteiger partial charge is 0.252 e. The van der Waals surface area contributed by atoms with E-state index in [0.717, 1.165) is 21.5 Å². The fourth-order valence-corrected chi connectivity index (χ4v) is 5.90. The number of aromatic nitrogens is 4. The van der Waals surface area contributed by atoms with Crippen molar-refractivity contribution < 1.29 is 21.4 Å². The van der Waals surface area contributed by atoms with Gasteiger partial charge in [-0.3, -0.25) is 0 Å². The van der Waals surface area contributed by atoms with Crippen molar-refractivity contribution in [3.8, 4) is 0 Å². The van der Waals surface area contributed by atoms with Crippen LogP contribution in [0.1, 0.15) is 31.1 Å². The fourth-order valence-electron chi connectivity index (χ4n) is 4.45. The van der Waals surface area contributed by atoms with Gasteiger partial charge in [0.1, 0.15) is 17.0 Å². The number of sulfonamides is 1. The second-order valence-electron chi connectivity index (χ2n) is 7.75. The summed E-state index contributed by atoms with van der Waals surface area (Å²) < 4.78 is 67.8. The molecule has 0 amide bonds. The third kappa shape index (κ3) is 4.49. The van der Waals surface area contributed by atoms with Crippen LogP contribution in [-0.4, -0.2) is 68.0 Å².